The van der Waals surface area contributed by atoms with Crippen molar-refractivity contribution in [2.45, 2.75) is 6.92 Å². The molecule has 0 aromatic carbocycles. The molecule has 1 aromatic heterocycles. The molecule has 3 N–H and O–H groups in total. The van der Waals surface area contributed by atoms with Crippen LogP contribution in [0.15, 0.2) is 6.33 Å². The number of anilines is 1. The molecule has 94 valence electrons. The highest BCUT2D eigenvalue weighted by molar-refractivity contribution is 5.74. The van der Waals surface area contributed by atoms with Crippen LogP contribution < -0.4 is 15.8 Å². The summed E-state index contributed by atoms with van der Waals surface area (Å²) in [5, 5.41) is 3.05. The Balaban J connectivity index is 2.39. The number of nitrogens with zero attached hydrogens (tertiary/aromatic N) is 2. The second-order valence-corrected chi connectivity index (χ2v) is 3.30. The van der Waals surface area contributed by atoms with Crippen LogP contribution in [0.1, 0.15) is 5.56 Å². The highest BCUT2D eigenvalue weighted by atomic mass is 16.5. The van der Waals surface area contributed by atoms with Gasteiger partial charge in [-0.15, -0.1) is 0 Å². The van der Waals surface area contributed by atoms with Crippen LogP contribution in [0, 0.1) is 6.92 Å². The zero-order valence-electron chi connectivity index (χ0n) is 9.90. The molecule has 0 saturated heterocycles. The van der Waals surface area contributed by atoms with Crippen molar-refractivity contribution >= 4 is 11.7 Å². The lowest BCUT2D eigenvalue weighted by molar-refractivity contribution is -0.122. The van der Waals surface area contributed by atoms with Crippen molar-refractivity contribution in [2.24, 2.45) is 5.73 Å². The first-order chi connectivity index (χ1) is 8.15. The summed E-state index contributed by atoms with van der Waals surface area (Å²) in [7, 11) is 1.55. The van der Waals surface area contributed by atoms with E-state index in [1.54, 1.807) is 7.11 Å². The van der Waals surface area contributed by atoms with Crippen molar-refractivity contribution in [1.29, 1.82) is 0 Å². The molecule has 0 aliphatic heterocycles. The molecule has 1 amide bonds. The van der Waals surface area contributed by atoms with Gasteiger partial charge in [0.25, 0.3) is 0 Å². The largest absolute Gasteiger partial charge is 0.481 e. The van der Waals surface area contributed by atoms with E-state index in [9.17, 15) is 4.79 Å². The maximum atomic E-state index is 10.4. The maximum Gasteiger partial charge on any atom is 0.243 e. The molecule has 0 atom stereocenters. The highest BCUT2D eigenvalue weighted by Gasteiger charge is 2.06. The number of ether oxygens (including phenoxy) is 2. The Hall–Kier alpha value is -1.89. The van der Waals surface area contributed by atoms with Crippen LogP contribution in [0.2, 0.25) is 0 Å². The third kappa shape index (κ3) is 4.23. The summed E-state index contributed by atoms with van der Waals surface area (Å²) in [6.07, 6.45) is 1.42. The van der Waals surface area contributed by atoms with Gasteiger partial charge in [-0.3, -0.25) is 4.79 Å². The zero-order chi connectivity index (χ0) is 12.7. The molecule has 0 bridgehead atoms. The van der Waals surface area contributed by atoms with E-state index in [2.05, 4.69) is 15.3 Å². The molecule has 0 aliphatic rings. The van der Waals surface area contributed by atoms with Gasteiger partial charge in [0.05, 0.1) is 19.3 Å². The summed E-state index contributed by atoms with van der Waals surface area (Å²) in [4.78, 5) is 18.4. The maximum absolute atomic E-state index is 10.4. The van der Waals surface area contributed by atoms with Crippen LogP contribution in [-0.4, -0.2) is 42.7 Å². The average molecular weight is 240 g/mol. The minimum Gasteiger partial charge on any atom is -0.481 e. The summed E-state index contributed by atoms with van der Waals surface area (Å²) >= 11 is 0. The minimum atomic E-state index is -0.482. The lowest BCUT2D eigenvalue weighted by Crippen LogP contribution is -2.21. The first kappa shape index (κ1) is 13.2. The molecular formula is C10H16N4O3. The van der Waals surface area contributed by atoms with Gasteiger partial charge in [-0.25, -0.2) is 9.97 Å². The molecule has 17 heavy (non-hydrogen) atoms. The number of carbonyl (C=O) groups is 1. The number of aromatic nitrogens is 2. The van der Waals surface area contributed by atoms with Gasteiger partial charge in [0.15, 0.2) is 0 Å². The third-order valence-electron chi connectivity index (χ3n) is 2.01. The van der Waals surface area contributed by atoms with Crippen LogP contribution in [0.4, 0.5) is 5.82 Å². The van der Waals surface area contributed by atoms with Gasteiger partial charge in [-0.2, -0.15) is 0 Å². The molecule has 1 aromatic rings. The Morgan fingerprint density at radius 1 is 1.53 bits per heavy atom. The molecule has 0 unspecified atom stereocenters. The number of rotatable bonds is 7. The quantitative estimate of drug-likeness (QED) is 0.635. The molecule has 0 fully saturated rings. The van der Waals surface area contributed by atoms with Crippen molar-refractivity contribution < 1.29 is 14.3 Å². The number of primary amides is 1. The Morgan fingerprint density at radius 3 is 2.94 bits per heavy atom. The molecule has 0 radical (unpaired) electrons. The summed E-state index contributed by atoms with van der Waals surface area (Å²) in [5.41, 5.74) is 5.75. The zero-order valence-corrected chi connectivity index (χ0v) is 9.90. The summed E-state index contributed by atoms with van der Waals surface area (Å²) in [6.45, 7) is 2.67. The van der Waals surface area contributed by atoms with Crippen molar-refractivity contribution in [1.82, 2.24) is 9.97 Å². The van der Waals surface area contributed by atoms with Crippen LogP contribution >= 0.6 is 0 Å². The third-order valence-corrected chi connectivity index (χ3v) is 2.01. The Labute approximate surface area is 99.3 Å². The summed E-state index contributed by atoms with van der Waals surface area (Å²) in [5.74, 6) is 0.727. The molecule has 1 rings (SSSR count). The second kappa shape index (κ2) is 6.64. The smallest absolute Gasteiger partial charge is 0.243 e. The molecule has 7 nitrogen and oxygen atoms in total. The molecule has 0 saturated carbocycles. The van der Waals surface area contributed by atoms with Gasteiger partial charge in [0, 0.05) is 6.54 Å². The fourth-order valence-corrected chi connectivity index (χ4v) is 1.23. The molecule has 7 heteroatoms. The first-order valence-corrected chi connectivity index (χ1v) is 5.10. The van der Waals surface area contributed by atoms with E-state index >= 15 is 0 Å². The standard InChI is InChI=1S/C10H16N4O3/c1-7-9(13-6-14-10(7)16-2)12-3-4-17-5-8(11)15/h6H,3-5H2,1-2H3,(H2,11,15)(H,12,13,14). The molecular weight excluding hydrogens is 224 g/mol. The monoisotopic (exact) mass is 240 g/mol. The van der Waals surface area contributed by atoms with E-state index < -0.39 is 5.91 Å². The number of methoxy groups -OCH3 is 1. The Bertz CT molecular complexity index is 384. The predicted octanol–water partition coefficient (Wildman–Crippen LogP) is -0.293. The van der Waals surface area contributed by atoms with Gasteiger partial charge in [-0.1, -0.05) is 0 Å². The number of carbonyl (C=O) groups excluding carboxylic acids is 1. The van der Waals surface area contributed by atoms with E-state index in [1.807, 2.05) is 6.92 Å². The van der Waals surface area contributed by atoms with Crippen molar-refractivity contribution in [3.63, 3.8) is 0 Å². The van der Waals surface area contributed by atoms with Gasteiger partial charge < -0.3 is 20.5 Å². The average Bonchev–Trinajstić information content (AvgIpc) is 2.30. The highest BCUT2D eigenvalue weighted by Crippen LogP contribution is 2.19. The summed E-state index contributed by atoms with van der Waals surface area (Å²) < 4.78 is 10.1. The number of nitrogens with one attached hydrogen (secondary N) is 1. The molecule has 0 spiro atoms. The fourth-order valence-electron chi connectivity index (χ4n) is 1.23. The van der Waals surface area contributed by atoms with Gasteiger partial charge in [0.1, 0.15) is 18.8 Å². The van der Waals surface area contributed by atoms with Gasteiger partial charge in [0.2, 0.25) is 11.8 Å². The van der Waals surface area contributed by atoms with Crippen LogP contribution in [0.5, 0.6) is 5.88 Å². The van der Waals surface area contributed by atoms with Crippen molar-refractivity contribution in [3.05, 3.63) is 11.9 Å². The van der Waals surface area contributed by atoms with E-state index in [0.29, 0.717) is 24.8 Å². The van der Waals surface area contributed by atoms with Crippen molar-refractivity contribution in [2.75, 3.05) is 32.2 Å². The van der Waals surface area contributed by atoms with Crippen LogP contribution in [-0.2, 0) is 9.53 Å². The summed E-state index contributed by atoms with van der Waals surface area (Å²) in [6, 6.07) is 0. The lowest BCUT2D eigenvalue weighted by Gasteiger charge is -2.10. The van der Waals surface area contributed by atoms with Gasteiger partial charge >= 0.3 is 0 Å². The predicted molar refractivity (Wildman–Crippen MR) is 61.8 cm³/mol. The second-order valence-electron chi connectivity index (χ2n) is 3.30. The minimum absolute atomic E-state index is 0.0756. The van der Waals surface area contributed by atoms with E-state index in [1.165, 1.54) is 6.33 Å². The number of amides is 1. The van der Waals surface area contributed by atoms with Crippen LogP contribution in [0.3, 0.4) is 0 Å². The molecule has 1 heterocycles. The van der Waals surface area contributed by atoms with Crippen molar-refractivity contribution in [3.8, 4) is 5.88 Å². The van der Waals surface area contributed by atoms with E-state index in [-0.39, 0.29) is 6.61 Å². The van der Waals surface area contributed by atoms with Gasteiger partial charge in [-0.05, 0) is 6.92 Å². The molecule has 0 aliphatic carbocycles. The number of hydrogen-bond donors (Lipinski definition) is 2. The fraction of sp³-hybridized carbons (Fsp3) is 0.500. The number of hydrogen-bond acceptors (Lipinski definition) is 6. The number of nitrogens with two attached hydrogens (primary N) is 1. The SMILES string of the molecule is COc1ncnc(NCCOCC(N)=O)c1C. The topological polar surface area (TPSA) is 99.4 Å². The van der Waals surface area contributed by atoms with Crippen LogP contribution in [0.25, 0.3) is 0 Å². The normalized spacial score (nSPS) is 10.0. The Morgan fingerprint density at radius 2 is 2.29 bits per heavy atom. The Kier molecular flexibility index (Phi) is 5.15. The first-order valence-electron chi connectivity index (χ1n) is 5.10. The van der Waals surface area contributed by atoms with E-state index in [0.717, 1.165) is 5.56 Å². The lowest BCUT2D eigenvalue weighted by atomic mass is 10.3. The van der Waals surface area contributed by atoms with E-state index in [4.69, 9.17) is 15.2 Å².